The summed E-state index contributed by atoms with van der Waals surface area (Å²) in [6.45, 7) is 2.58. The van der Waals surface area contributed by atoms with Crippen LogP contribution in [0.1, 0.15) is 49.0 Å². The van der Waals surface area contributed by atoms with Crippen molar-refractivity contribution in [2.75, 3.05) is 13.6 Å². The van der Waals surface area contributed by atoms with E-state index in [4.69, 9.17) is 9.97 Å². The van der Waals surface area contributed by atoms with Gasteiger partial charge in [0, 0.05) is 29.2 Å². The Morgan fingerprint density at radius 2 is 1.36 bits per heavy atom. The average molecular weight is 508 g/mol. The van der Waals surface area contributed by atoms with Crippen molar-refractivity contribution in [3.05, 3.63) is 131 Å². The molecule has 8 rings (SSSR count). The van der Waals surface area contributed by atoms with Gasteiger partial charge in [-0.3, -0.25) is 14.5 Å². The number of para-hydroxylation sites is 2. The molecule has 0 amide bonds. The molecule has 2 heterocycles. The molecule has 39 heavy (non-hydrogen) atoms. The normalized spacial score (nSPS) is 22.6. The Labute approximate surface area is 226 Å². The van der Waals surface area contributed by atoms with Crippen molar-refractivity contribution < 1.29 is 9.59 Å². The quantitative estimate of drug-likeness (QED) is 0.262. The van der Waals surface area contributed by atoms with Crippen molar-refractivity contribution in [1.82, 2.24) is 14.9 Å². The van der Waals surface area contributed by atoms with Gasteiger partial charge in [-0.25, -0.2) is 9.97 Å². The van der Waals surface area contributed by atoms with Gasteiger partial charge in [0.05, 0.1) is 22.4 Å². The van der Waals surface area contributed by atoms with E-state index in [2.05, 4.69) is 36.1 Å². The van der Waals surface area contributed by atoms with Gasteiger partial charge < -0.3 is 0 Å². The van der Waals surface area contributed by atoms with Gasteiger partial charge in [0.25, 0.3) is 0 Å². The predicted octanol–water partition coefficient (Wildman–Crippen LogP) is 5.96. The summed E-state index contributed by atoms with van der Waals surface area (Å²) in [6.07, 6.45) is 0. The number of Topliss-reactive ketones (excluding diaryl/α,β-unsaturated/α-hetero) is 2. The van der Waals surface area contributed by atoms with E-state index in [0.717, 1.165) is 39.0 Å². The lowest BCUT2D eigenvalue weighted by Crippen LogP contribution is -2.56. The van der Waals surface area contributed by atoms with Crippen LogP contribution in [-0.2, 0) is 5.54 Å². The number of aryl methyl sites for hydroxylation is 1. The lowest BCUT2D eigenvalue weighted by atomic mass is 9.58. The summed E-state index contributed by atoms with van der Waals surface area (Å²) in [5, 5.41) is 0. The highest BCUT2D eigenvalue weighted by molar-refractivity contribution is 6.32. The van der Waals surface area contributed by atoms with Gasteiger partial charge in [-0.1, -0.05) is 90.5 Å². The van der Waals surface area contributed by atoms with Crippen LogP contribution in [-0.4, -0.2) is 40.0 Å². The molecule has 1 aliphatic heterocycles. The first-order valence-corrected chi connectivity index (χ1v) is 13.3. The number of hydrogen-bond donors (Lipinski definition) is 0. The van der Waals surface area contributed by atoms with E-state index in [-0.39, 0.29) is 17.5 Å². The minimum absolute atomic E-state index is 0.128. The second kappa shape index (κ2) is 7.55. The number of fused-ring (bicyclic) bond motifs is 8. The van der Waals surface area contributed by atoms with E-state index in [1.54, 1.807) is 12.1 Å². The fourth-order valence-corrected chi connectivity index (χ4v) is 7.75. The summed E-state index contributed by atoms with van der Waals surface area (Å²) in [6, 6.07) is 31.5. The molecule has 5 aromatic rings. The molecule has 1 saturated heterocycles. The molecule has 3 aliphatic rings. The molecule has 2 aliphatic carbocycles. The van der Waals surface area contributed by atoms with Crippen LogP contribution in [0.2, 0.25) is 0 Å². The molecule has 0 saturated carbocycles. The van der Waals surface area contributed by atoms with Gasteiger partial charge in [-0.15, -0.1) is 0 Å². The summed E-state index contributed by atoms with van der Waals surface area (Å²) < 4.78 is 0. The highest BCUT2D eigenvalue weighted by atomic mass is 16.2. The molecule has 0 unspecified atom stereocenters. The fraction of sp³-hybridized carbons (Fsp3) is 0.176. The highest BCUT2D eigenvalue weighted by Gasteiger charge is 2.77. The van der Waals surface area contributed by atoms with Crippen LogP contribution >= 0.6 is 0 Å². The Morgan fingerprint density at radius 1 is 0.744 bits per heavy atom. The molecule has 2 spiro atoms. The maximum Gasteiger partial charge on any atom is 0.180 e. The Morgan fingerprint density at radius 3 is 2.05 bits per heavy atom. The van der Waals surface area contributed by atoms with E-state index in [9.17, 15) is 9.59 Å². The average Bonchev–Trinajstić information content (AvgIpc) is 3.50. The largest absolute Gasteiger partial charge is 0.293 e. The standard InChI is InChI=1S/C34H25N3O2/c1-20-10-9-11-21(18-20)26-19-37(2)34(33(26)31(38)22-12-3-4-13-23(22)32(33)39)25-15-6-5-14-24(25)29-30(34)36-28-17-8-7-16-27(28)35-29/h3-18,26H,19H2,1-2H3/t26-,34+/m1/s1. The number of likely N-dealkylation sites (tertiary alicyclic amines) is 1. The molecule has 1 aromatic heterocycles. The molecule has 0 bridgehead atoms. The SMILES string of the molecule is Cc1cccc([C@H]2CN(C)[C@]3(c4ccccc4-c4nc5ccccc5nc43)C23C(=O)c2ccccc2C3=O)c1. The second-order valence-corrected chi connectivity index (χ2v) is 11.0. The summed E-state index contributed by atoms with van der Waals surface area (Å²) in [5.74, 6) is -0.629. The first-order valence-electron chi connectivity index (χ1n) is 13.3. The summed E-state index contributed by atoms with van der Waals surface area (Å²) in [7, 11) is 2.03. The van der Waals surface area contributed by atoms with Gasteiger partial charge in [0.2, 0.25) is 0 Å². The van der Waals surface area contributed by atoms with Crippen molar-refractivity contribution in [2.24, 2.45) is 5.41 Å². The maximum atomic E-state index is 15.0. The van der Waals surface area contributed by atoms with Crippen molar-refractivity contribution in [3.8, 4) is 11.3 Å². The van der Waals surface area contributed by atoms with Crippen LogP contribution in [0.5, 0.6) is 0 Å². The number of hydrogen-bond acceptors (Lipinski definition) is 5. The Hall–Kier alpha value is -4.48. The molecular formula is C34H25N3O2. The van der Waals surface area contributed by atoms with Gasteiger partial charge in [-0.2, -0.15) is 0 Å². The van der Waals surface area contributed by atoms with E-state index >= 15 is 0 Å². The smallest absolute Gasteiger partial charge is 0.180 e. The Bertz CT molecular complexity index is 1860. The molecule has 5 heteroatoms. The van der Waals surface area contributed by atoms with Crippen LogP contribution in [0.15, 0.2) is 97.1 Å². The molecular weight excluding hydrogens is 482 g/mol. The first kappa shape index (κ1) is 22.5. The number of carbonyl (C=O) groups excluding carboxylic acids is 2. The van der Waals surface area contributed by atoms with Crippen LogP contribution in [0.25, 0.3) is 22.3 Å². The van der Waals surface area contributed by atoms with Crippen molar-refractivity contribution in [3.63, 3.8) is 0 Å². The minimum atomic E-state index is -1.43. The van der Waals surface area contributed by atoms with E-state index in [1.807, 2.05) is 67.7 Å². The fourth-order valence-electron chi connectivity index (χ4n) is 7.75. The third-order valence-electron chi connectivity index (χ3n) is 9.18. The number of ketones is 2. The summed E-state index contributed by atoms with van der Waals surface area (Å²) in [5.41, 5.74) is 5.36. The van der Waals surface area contributed by atoms with Crippen molar-refractivity contribution in [2.45, 2.75) is 18.4 Å². The molecule has 5 nitrogen and oxygen atoms in total. The molecule has 1 fully saturated rings. The number of likely N-dealkylation sites (N-methyl/N-ethyl adjacent to an activating group) is 1. The number of nitrogens with zero attached hydrogens (tertiary/aromatic N) is 3. The summed E-state index contributed by atoms with van der Waals surface area (Å²) in [4.78, 5) is 42.5. The predicted molar refractivity (Wildman–Crippen MR) is 150 cm³/mol. The molecule has 0 radical (unpaired) electrons. The third kappa shape index (κ3) is 2.50. The molecule has 0 N–H and O–H groups in total. The number of aromatic nitrogens is 2. The zero-order valence-corrected chi connectivity index (χ0v) is 21.7. The lowest BCUT2D eigenvalue weighted by molar-refractivity contribution is 0.0462. The van der Waals surface area contributed by atoms with Crippen LogP contribution < -0.4 is 0 Å². The molecule has 4 aromatic carbocycles. The van der Waals surface area contributed by atoms with Gasteiger partial charge >= 0.3 is 0 Å². The van der Waals surface area contributed by atoms with Crippen LogP contribution in [0, 0.1) is 12.3 Å². The molecule has 188 valence electrons. The van der Waals surface area contributed by atoms with E-state index < -0.39 is 11.0 Å². The lowest BCUT2D eigenvalue weighted by Gasteiger charge is -2.44. The van der Waals surface area contributed by atoms with Crippen LogP contribution in [0.3, 0.4) is 0 Å². The number of carbonyl (C=O) groups is 2. The van der Waals surface area contributed by atoms with Gasteiger partial charge in [0.15, 0.2) is 11.6 Å². The Kier molecular flexibility index (Phi) is 4.36. The zero-order chi connectivity index (χ0) is 26.5. The number of benzene rings is 4. The van der Waals surface area contributed by atoms with Gasteiger partial charge in [-0.05, 0) is 37.2 Å². The first-order chi connectivity index (χ1) is 19.0. The summed E-state index contributed by atoms with van der Waals surface area (Å²) >= 11 is 0. The highest BCUT2D eigenvalue weighted by Crippen LogP contribution is 2.69. The zero-order valence-electron chi connectivity index (χ0n) is 21.7. The van der Waals surface area contributed by atoms with Crippen molar-refractivity contribution >= 4 is 22.6 Å². The Balaban J connectivity index is 1.55. The second-order valence-electron chi connectivity index (χ2n) is 11.0. The monoisotopic (exact) mass is 507 g/mol. The van der Waals surface area contributed by atoms with Crippen LogP contribution in [0.4, 0.5) is 0 Å². The third-order valence-corrected chi connectivity index (χ3v) is 9.18. The van der Waals surface area contributed by atoms with Gasteiger partial charge in [0.1, 0.15) is 11.0 Å². The number of rotatable bonds is 1. The van der Waals surface area contributed by atoms with Crippen molar-refractivity contribution in [1.29, 1.82) is 0 Å². The molecule has 2 atom stereocenters. The topological polar surface area (TPSA) is 63.2 Å². The van der Waals surface area contributed by atoms with E-state index in [1.165, 1.54) is 0 Å². The maximum absolute atomic E-state index is 15.0. The van der Waals surface area contributed by atoms with E-state index in [0.29, 0.717) is 23.4 Å². The minimum Gasteiger partial charge on any atom is -0.293 e.